The first-order valence-corrected chi connectivity index (χ1v) is 11.0. The van der Waals surface area contributed by atoms with E-state index < -0.39 is 0 Å². The maximum atomic E-state index is 12.3. The van der Waals surface area contributed by atoms with E-state index in [2.05, 4.69) is 26.6 Å². The molecule has 1 fully saturated rings. The Morgan fingerprint density at radius 2 is 1.87 bits per heavy atom. The zero-order valence-corrected chi connectivity index (χ0v) is 18.7. The third-order valence-corrected chi connectivity index (χ3v) is 6.04. The molecule has 0 spiro atoms. The molecular formula is C23H28ClN5O2. The van der Waals surface area contributed by atoms with Gasteiger partial charge in [-0.05, 0) is 36.9 Å². The van der Waals surface area contributed by atoms with Gasteiger partial charge in [-0.15, -0.1) is 0 Å². The molecule has 1 saturated heterocycles. The number of halogens is 1. The van der Waals surface area contributed by atoms with E-state index in [0.717, 1.165) is 56.1 Å². The van der Waals surface area contributed by atoms with Crippen LogP contribution in [0.5, 0.6) is 5.75 Å². The van der Waals surface area contributed by atoms with Gasteiger partial charge in [0, 0.05) is 38.9 Å². The highest BCUT2D eigenvalue weighted by molar-refractivity contribution is 6.32. The highest BCUT2D eigenvalue weighted by Crippen LogP contribution is 2.23. The monoisotopic (exact) mass is 441 g/mol. The third-order valence-electron chi connectivity index (χ3n) is 5.73. The second kappa shape index (κ2) is 9.68. The van der Waals surface area contributed by atoms with Crippen molar-refractivity contribution >= 4 is 34.2 Å². The Morgan fingerprint density at radius 3 is 2.61 bits per heavy atom. The summed E-state index contributed by atoms with van der Waals surface area (Å²) >= 11 is 6.06. The van der Waals surface area contributed by atoms with Crippen molar-refractivity contribution in [2.45, 2.75) is 13.5 Å². The van der Waals surface area contributed by atoms with Crippen LogP contribution in [0.25, 0.3) is 11.0 Å². The summed E-state index contributed by atoms with van der Waals surface area (Å²) in [5.41, 5.74) is 2.61. The molecule has 8 heteroatoms. The Balaban J connectivity index is 1.39. The van der Waals surface area contributed by atoms with Crippen LogP contribution in [-0.2, 0) is 18.4 Å². The molecular weight excluding hydrogens is 414 g/mol. The van der Waals surface area contributed by atoms with E-state index in [9.17, 15) is 4.79 Å². The van der Waals surface area contributed by atoms with Gasteiger partial charge in [-0.1, -0.05) is 30.7 Å². The van der Waals surface area contributed by atoms with Crippen molar-refractivity contribution in [1.82, 2.24) is 19.4 Å². The summed E-state index contributed by atoms with van der Waals surface area (Å²) in [6.45, 7) is 8.36. The van der Waals surface area contributed by atoms with Crippen LogP contribution >= 0.6 is 11.6 Å². The van der Waals surface area contributed by atoms with E-state index in [4.69, 9.17) is 21.3 Å². The lowest BCUT2D eigenvalue weighted by atomic mass is 10.2. The van der Waals surface area contributed by atoms with Crippen LogP contribution in [-0.4, -0.2) is 64.6 Å². The number of para-hydroxylation sites is 1. The Labute approximate surface area is 187 Å². The number of anilines is 1. The SMILES string of the molecule is CCN1CCN(Cc2nc3cc(NC(=O)COc4ccccc4Cl)ccc3n2C)CC1. The minimum Gasteiger partial charge on any atom is -0.482 e. The Morgan fingerprint density at radius 1 is 1.13 bits per heavy atom. The van der Waals surface area contributed by atoms with Crippen LogP contribution in [0.1, 0.15) is 12.7 Å². The van der Waals surface area contributed by atoms with Crippen LogP contribution in [0.4, 0.5) is 5.69 Å². The van der Waals surface area contributed by atoms with Gasteiger partial charge >= 0.3 is 0 Å². The fourth-order valence-corrected chi connectivity index (χ4v) is 4.02. The average molecular weight is 442 g/mol. The molecule has 4 rings (SSSR count). The van der Waals surface area contributed by atoms with E-state index >= 15 is 0 Å². The molecule has 1 amide bonds. The summed E-state index contributed by atoms with van der Waals surface area (Å²) in [4.78, 5) is 22.0. The van der Waals surface area contributed by atoms with Crippen LogP contribution in [0.2, 0.25) is 5.02 Å². The predicted molar refractivity (Wildman–Crippen MR) is 124 cm³/mol. The van der Waals surface area contributed by atoms with Crippen molar-refractivity contribution in [3.05, 3.63) is 53.3 Å². The fourth-order valence-electron chi connectivity index (χ4n) is 3.83. The molecule has 3 aromatic rings. The molecule has 1 aliphatic heterocycles. The topological polar surface area (TPSA) is 62.6 Å². The summed E-state index contributed by atoms with van der Waals surface area (Å²) < 4.78 is 7.64. The summed E-state index contributed by atoms with van der Waals surface area (Å²) in [7, 11) is 2.04. The molecule has 7 nitrogen and oxygen atoms in total. The number of nitrogens with zero attached hydrogens (tertiary/aromatic N) is 4. The first kappa shape index (κ1) is 21.6. The number of benzene rings is 2. The Hall–Kier alpha value is -2.61. The number of carbonyl (C=O) groups excluding carboxylic acids is 1. The lowest BCUT2D eigenvalue weighted by Gasteiger charge is -2.33. The van der Waals surface area contributed by atoms with Gasteiger partial charge in [0.15, 0.2) is 6.61 Å². The maximum absolute atomic E-state index is 12.3. The highest BCUT2D eigenvalue weighted by Gasteiger charge is 2.18. The van der Waals surface area contributed by atoms with Crippen molar-refractivity contribution in [3.8, 4) is 5.75 Å². The lowest BCUT2D eigenvalue weighted by molar-refractivity contribution is -0.118. The minimum atomic E-state index is -0.246. The van der Waals surface area contributed by atoms with Crippen LogP contribution in [0.15, 0.2) is 42.5 Å². The molecule has 0 saturated carbocycles. The van der Waals surface area contributed by atoms with Crippen molar-refractivity contribution in [3.63, 3.8) is 0 Å². The first-order chi connectivity index (χ1) is 15.0. The van der Waals surface area contributed by atoms with Crippen molar-refractivity contribution in [2.75, 3.05) is 44.6 Å². The molecule has 0 radical (unpaired) electrons. The van der Waals surface area contributed by atoms with E-state index in [0.29, 0.717) is 16.5 Å². The van der Waals surface area contributed by atoms with Gasteiger partial charge in [0.2, 0.25) is 0 Å². The van der Waals surface area contributed by atoms with E-state index in [1.54, 1.807) is 12.1 Å². The smallest absolute Gasteiger partial charge is 0.262 e. The number of likely N-dealkylation sites (N-methyl/N-ethyl adjacent to an activating group) is 1. The number of hydrogen-bond acceptors (Lipinski definition) is 5. The van der Waals surface area contributed by atoms with Gasteiger partial charge in [-0.2, -0.15) is 0 Å². The molecule has 0 bridgehead atoms. The summed E-state index contributed by atoms with van der Waals surface area (Å²) in [6, 6.07) is 12.9. The summed E-state index contributed by atoms with van der Waals surface area (Å²) in [5, 5.41) is 3.35. The van der Waals surface area contributed by atoms with Crippen LogP contribution in [0, 0.1) is 0 Å². The normalized spacial score (nSPS) is 15.3. The number of piperazine rings is 1. The minimum absolute atomic E-state index is 0.112. The van der Waals surface area contributed by atoms with E-state index in [1.165, 1.54) is 0 Å². The van der Waals surface area contributed by atoms with Crippen molar-refractivity contribution in [1.29, 1.82) is 0 Å². The van der Waals surface area contributed by atoms with E-state index in [1.807, 2.05) is 37.4 Å². The standard InChI is InChI=1S/C23H28ClN5O2/c1-3-28-10-12-29(13-11-28)15-22-26-19-14-17(8-9-20(19)27(22)2)25-23(30)16-31-21-7-5-4-6-18(21)24/h4-9,14H,3,10-13,15-16H2,1-2H3,(H,25,30). The molecule has 1 N–H and O–H groups in total. The average Bonchev–Trinajstić information content (AvgIpc) is 3.08. The highest BCUT2D eigenvalue weighted by atomic mass is 35.5. The maximum Gasteiger partial charge on any atom is 0.262 e. The van der Waals surface area contributed by atoms with Gasteiger partial charge in [0.1, 0.15) is 11.6 Å². The number of rotatable bonds is 7. The number of ether oxygens (including phenoxy) is 1. The number of aryl methyl sites for hydroxylation is 1. The molecule has 1 aromatic heterocycles. The molecule has 164 valence electrons. The second-order valence-corrected chi connectivity index (χ2v) is 8.18. The third kappa shape index (κ3) is 5.18. The number of hydrogen-bond donors (Lipinski definition) is 1. The van der Waals surface area contributed by atoms with Gasteiger partial charge in [-0.3, -0.25) is 9.69 Å². The van der Waals surface area contributed by atoms with Crippen LogP contribution < -0.4 is 10.1 Å². The summed E-state index contributed by atoms with van der Waals surface area (Å²) in [5.74, 6) is 1.28. The van der Waals surface area contributed by atoms with Gasteiger partial charge in [-0.25, -0.2) is 4.98 Å². The Kier molecular flexibility index (Phi) is 6.75. The van der Waals surface area contributed by atoms with Crippen molar-refractivity contribution in [2.24, 2.45) is 7.05 Å². The zero-order valence-electron chi connectivity index (χ0n) is 18.0. The summed E-state index contributed by atoms with van der Waals surface area (Å²) in [6.07, 6.45) is 0. The number of aromatic nitrogens is 2. The van der Waals surface area contributed by atoms with E-state index in [-0.39, 0.29) is 12.5 Å². The fraction of sp³-hybridized carbons (Fsp3) is 0.391. The number of nitrogens with one attached hydrogen (secondary N) is 1. The molecule has 0 atom stereocenters. The van der Waals surface area contributed by atoms with Crippen molar-refractivity contribution < 1.29 is 9.53 Å². The predicted octanol–water partition coefficient (Wildman–Crippen LogP) is 3.38. The molecule has 0 aliphatic carbocycles. The largest absolute Gasteiger partial charge is 0.482 e. The number of fused-ring (bicyclic) bond motifs is 1. The van der Waals surface area contributed by atoms with Gasteiger partial charge in [0.05, 0.1) is 22.6 Å². The molecule has 2 heterocycles. The van der Waals surface area contributed by atoms with Gasteiger partial charge < -0.3 is 19.5 Å². The number of carbonyl (C=O) groups is 1. The quantitative estimate of drug-likeness (QED) is 0.609. The molecule has 2 aromatic carbocycles. The number of amides is 1. The number of imidazole rings is 1. The van der Waals surface area contributed by atoms with Gasteiger partial charge in [0.25, 0.3) is 5.91 Å². The Bertz CT molecular complexity index is 1060. The molecule has 0 unspecified atom stereocenters. The first-order valence-electron chi connectivity index (χ1n) is 10.6. The second-order valence-electron chi connectivity index (χ2n) is 7.77. The molecule has 31 heavy (non-hydrogen) atoms. The van der Waals surface area contributed by atoms with Crippen LogP contribution in [0.3, 0.4) is 0 Å². The lowest BCUT2D eigenvalue weighted by Crippen LogP contribution is -2.45. The molecule has 1 aliphatic rings. The zero-order chi connectivity index (χ0) is 21.8.